The molecule has 0 spiro atoms. The number of carbonyl (C=O) groups excluding carboxylic acids is 1. The first-order chi connectivity index (χ1) is 12.9. The first-order valence-electron chi connectivity index (χ1n) is 8.74. The summed E-state index contributed by atoms with van der Waals surface area (Å²) < 4.78 is 27.5. The molecule has 0 aromatic heterocycles. The zero-order chi connectivity index (χ0) is 19.3. The fourth-order valence-corrected chi connectivity index (χ4v) is 4.55. The van der Waals surface area contributed by atoms with Crippen LogP contribution in [0.25, 0.3) is 6.08 Å². The largest absolute Gasteiger partial charge is 0.326 e. The summed E-state index contributed by atoms with van der Waals surface area (Å²) in [6, 6.07) is 16.9. The number of benzene rings is 2. The second-order valence-electron chi connectivity index (χ2n) is 6.43. The highest BCUT2D eigenvalue weighted by Gasteiger charge is 2.29. The molecule has 0 unspecified atom stereocenters. The second-order valence-corrected chi connectivity index (χ2v) is 9.49. The first kappa shape index (κ1) is 20.0. The summed E-state index contributed by atoms with van der Waals surface area (Å²) in [6.45, 7) is 0.707. The van der Waals surface area contributed by atoms with Gasteiger partial charge in [0.05, 0.1) is 0 Å². The Bertz CT molecular complexity index is 904. The van der Waals surface area contributed by atoms with Gasteiger partial charge in [0.15, 0.2) is 0 Å². The predicted molar refractivity (Wildman–Crippen MR) is 116 cm³/mol. The molecule has 0 saturated carbocycles. The molecule has 3 rings (SSSR count). The molecule has 1 amide bonds. The van der Waals surface area contributed by atoms with Gasteiger partial charge in [-0.05, 0) is 71.3 Å². The highest BCUT2D eigenvalue weighted by atomic mass is 127. The van der Waals surface area contributed by atoms with Gasteiger partial charge in [0, 0.05) is 33.7 Å². The molecule has 2 aromatic carbocycles. The quantitative estimate of drug-likeness (QED) is 0.638. The topological polar surface area (TPSA) is 66.5 Å². The zero-order valence-corrected chi connectivity index (χ0v) is 17.7. The summed E-state index contributed by atoms with van der Waals surface area (Å²) in [7, 11) is -3.47. The number of nitrogens with one attached hydrogen (secondary N) is 1. The molecule has 7 heteroatoms. The molecular weight excluding hydrogens is 475 g/mol. The van der Waals surface area contributed by atoms with Crippen LogP contribution in [0.15, 0.2) is 60.0 Å². The average Bonchev–Trinajstić information content (AvgIpc) is 2.69. The molecule has 27 heavy (non-hydrogen) atoms. The molecular formula is C20H21IN2O3S. The monoisotopic (exact) mass is 496 g/mol. The van der Waals surface area contributed by atoms with Crippen LogP contribution in [0, 0.1) is 9.49 Å². The maximum absolute atomic E-state index is 12.5. The van der Waals surface area contributed by atoms with Gasteiger partial charge >= 0.3 is 0 Å². The van der Waals surface area contributed by atoms with Crippen molar-refractivity contribution in [3.05, 3.63) is 69.1 Å². The molecule has 5 nitrogen and oxygen atoms in total. The number of carbonyl (C=O) groups is 1. The lowest BCUT2D eigenvalue weighted by Crippen LogP contribution is -2.40. The molecule has 1 saturated heterocycles. The van der Waals surface area contributed by atoms with Gasteiger partial charge in [0.2, 0.25) is 15.9 Å². The van der Waals surface area contributed by atoms with E-state index in [0.29, 0.717) is 25.9 Å². The summed E-state index contributed by atoms with van der Waals surface area (Å²) in [5.41, 5.74) is 1.61. The summed E-state index contributed by atoms with van der Waals surface area (Å²) in [5.74, 6) is -0.220. The van der Waals surface area contributed by atoms with Gasteiger partial charge in [0.1, 0.15) is 0 Å². The van der Waals surface area contributed by atoms with Crippen LogP contribution in [0.3, 0.4) is 0 Å². The summed E-state index contributed by atoms with van der Waals surface area (Å²) in [4.78, 5) is 12.4. The Morgan fingerprint density at radius 3 is 2.30 bits per heavy atom. The zero-order valence-electron chi connectivity index (χ0n) is 14.7. The van der Waals surface area contributed by atoms with Gasteiger partial charge in [-0.25, -0.2) is 8.42 Å². The van der Waals surface area contributed by atoms with Crippen LogP contribution in [0.5, 0.6) is 0 Å². The van der Waals surface area contributed by atoms with Crippen molar-refractivity contribution in [2.75, 3.05) is 18.4 Å². The van der Waals surface area contributed by atoms with Crippen LogP contribution in [-0.4, -0.2) is 31.7 Å². The number of nitrogens with zero attached hydrogens (tertiary/aromatic N) is 1. The van der Waals surface area contributed by atoms with E-state index in [2.05, 4.69) is 27.9 Å². The average molecular weight is 496 g/mol. The molecule has 1 aliphatic heterocycles. The van der Waals surface area contributed by atoms with Crippen LogP contribution in [-0.2, 0) is 14.8 Å². The van der Waals surface area contributed by atoms with Crippen LogP contribution >= 0.6 is 22.6 Å². The van der Waals surface area contributed by atoms with Crippen LogP contribution in [0.4, 0.5) is 5.69 Å². The van der Waals surface area contributed by atoms with Crippen LogP contribution in [0.1, 0.15) is 18.4 Å². The Labute approximate surface area is 173 Å². The maximum atomic E-state index is 12.5. The van der Waals surface area contributed by atoms with Crippen molar-refractivity contribution in [1.29, 1.82) is 0 Å². The van der Waals surface area contributed by atoms with E-state index in [0.717, 1.165) is 14.8 Å². The fourth-order valence-electron chi connectivity index (χ4n) is 2.96. The SMILES string of the molecule is O=C(Nc1ccc(I)cc1)C1CCN(S(=O)(=O)/C=C/c2ccccc2)CC1. The number of anilines is 1. The summed E-state index contributed by atoms with van der Waals surface area (Å²) in [6.07, 6.45) is 2.65. The number of hydrogen-bond acceptors (Lipinski definition) is 3. The Morgan fingerprint density at radius 2 is 1.67 bits per heavy atom. The second kappa shape index (κ2) is 8.99. The van der Waals surface area contributed by atoms with Gasteiger partial charge in [-0.1, -0.05) is 30.3 Å². The maximum Gasteiger partial charge on any atom is 0.236 e. The van der Waals surface area contributed by atoms with Crippen LogP contribution in [0.2, 0.25) is 0 Å². The predicted octanol–water partition coefficient (Wildman–Crippen LogP) is 3.94. The molecule has 1 fully saturated rings. The lowest BCUT2D eigenvalue weighted by molar-refractivity contribution is -0.120. The van der Waals surface area contributed by atoms with E-state index in [4.69, 9.17) is 0 Å². The van der Waals surface area contributed by atoms with Crippen molar-refractivity contribution in [1.82, 2.24) is 4.31 Å². The van der Waals surface area contributed by atoms with Gasteiger partial charge in [-0.3, -0.25) is 4.79 Å². The van der Waals surface area contributed by atoms with E-state index in [-0.39, 0.29) is 11.8 Å². The van der Waals surface area contributed by atoms with Crippen molar-refractivity contribution in [3.8, 4) is 0 Å². The first-order valence-corrected chi connectivity index (χ1v) is 11.3. The van der Waals surface area contributed by atoms with E-state index in [1.165, 1.54) is 9.71 Å². The molecule has 2 aromatic rings. The highest BCUT2D eigenvalue weighted by Crippen LogP contribution is 2.22. The van der Waals surface area contributed by atoms with E-state index >= 15 is 0 Å². The molecule has 0 bridgehead atoms. The van der Waals surface area contributed by atoms with Crippen LogP contribution < -0.4 is 5.32 Å². The lowest BCUT2D eigenvalue weighted by atomic mass is 9.97. The van der Waals surface area contributed by atoms with Crippen molar-refractivity contribution < 1.29 is 13.2 Å². The number of hydrogen-bond donors (Lipinski definition) is 1. The Kier molecular flexibility index (Phi) is 6.67. The van der Waals surface area contributed by atoms with Crippen molar-refractivity contribution in [2.24, 2.45) is 5.92 Å². The molecule has 0 atom stereocenters. The van der Waals surface area contributed by atoms with E-state index in [1.807, 2.05) is 54.6 Å². The molecule has 142 valence electrons. The van der Waals surface area contributed by atoms with E-state index in [1.54, 1.807) is 6.08 Å². The number of rotatable bonds is 5. The van der Waals surface area contributed by atoms with Gasteiger partial charge in [0.25, 0.3) is 0 Å². The number of sulfonamides is 1. The van der Waals surface area contributed by atoms with Crippen molar-refractivity contribution in [2.45, 2.75) is 12.8 Å². The molecule has 1 heterocycles. The minimum Gasteiger partial charge on any atom is -0.326 e. The Balaban J connectivity index is 1.55. The van der Waals surface area contributed by atoms with Gasteiger partial charge < -0.3 is 5.32 Å². The van der Waals surface area contributed by atoms with E-state index < -0.39 is 10.0 Å². The molecule has 1 N–H and O–H groups in total. The normalized spacial score (nSPS) is 16.5. The Hall–Kier alpha value is -1.71. The Morgan fingerprint density at radius 1 is 1.04 bits per heavy atom. The molecule has 1 aliphatic rings. The fraction of sp³-hybridized carbons (Fsp3) is 0.250. The number of amides is 1. The molecule has 0 aliphatic carbocycles. The van der Waals surface area contributed by atoms with Crippen molar-refractivity contribution in [3.63, 3.8) is 0 Å². The highest BCUT2D eigenvalue weighted by molar-refractivity contribution is 14.1. The number of halogens is 1. The summed E-state index contributed by atoms with van der Waals surface area (Å²) in [5, 5.41) is 4.16. The minimum absolute atomic E-state index is 0.0481. The smallest absolute Gasteiger partial charge is 0.236 e. The summed E-state index contributed by atoms with van der Waals surface area (Å²) >= 11 is 2.21. The third-order valence-corrected chi connectivity index (χ3v) is 6.81. The van der Waals surface area contributed by atoms with Gasteiger partial charge in [-0.2, -0.15) is 4.31 Å². The third-order valence-electron chi connectivity index (χ3n) is 4.53. The third kappa shape index (κ3) is 5.63. The van der Waals surface area contributed by atoms with Crippen molar-refractivity contribution >= 4 is 50.3 Å². The molecule has 0 radical (unpaired) electrons. The minimum atomic E-state index is -3.47. The van der Waals surface area contributed by atoms with Gasteiger partial charge in [-0.15, -0.1) is 0 Å². The standard InChI is InChI=1S/C20H21IN2O3S/c21-18-6-8-19(9-7-18)22-20(24)17-10-13-23(14-11-17)27(25,26)15-12-16-4-2-1-3-5-16/h1-9,12,15,17H,10-11,13-14H2,(H,22,24)/b15-12+. The number of piperidine rings is 1. The van der Waals surface area contributed by atoms with E-state index in [9.17, 15) is 13.2 Å². The lowest BCUT2D eigenvalue weighted by Gasteiger charge is -2.29.